The van der Waals surface area contributed by atoms with Gasteiger partial charge in [-0.3, -0.25) is 10.1 Å². The summed E-state index contributed by atoms with van der Waals surface area (Å²) in [5, 5.41) is 11.0. The van der Waals surface area contributed by atoms with Crippen molar-refractivity contribution in [2.75, 3.05) is 43.9 Å². The molecule has 2 rings (SSSR count). The van der Waals surface area contributed by atoms with E-state index in [1.807, 2.05) is 0 Å². The Morgan fingerprint density at radius 3 is 2.55 bits per heavy atom. The second kappa shape index (κ2) is 6.62. The van der Waals surface area contributed by atoms with E-state index >= 15 is 0 Å². The molecule has 1 aliphatic rings. The van der Waals surface area contributed by atoms with Gasteiger partial charge in [0.1, 0.15) is 4.90 Å². The van der Waals surface area contributed by atoms with Gasteiger partial charge in [0.15, 0.2) is 9.84 Å². The van der Waals surface area contributed by atoms with E-state index < -0.39 is 14.8 Å². The molecular weight excluding hydrogens is 306 g/mol. The summed E-state index contributed by atoms with van der Waals surface area (Å²) in [4.78, 5) is 14.6. The van der Waals surface area contributed by atoms with Crippen molar-refractivity contribution in [2.24, 2.45) is 0 Å². The van der Waals surface area contributed by atoms with Crippen molar-refractivity contribution in [3.05, 3.63) is 28.3 Å². The SMILES string of the molecule is CCN1CCCN(c2ccc([N+](=O)[O-])c(S(C)(=O)=O)c2)CC1. The second-order valence-corrected chi connectivity index (χ2v) is 7.44. The standard InChI is InChI=1S/C14H21N3O4S/c1-3-15-7-4-8-16(10-9-15)12-5-6-13(17(18)19)14(11-12)22(2,20)21/h5-6,11H,3-4,7-10H2,1-2H3. The molecule has 0 N–H and O–H groups in total. The maximum atomic E-state index is 11.8. The summed E-state index contributed by atoms with van der Waals surface area (Å²) in [7, 11) is -3.64. The topological polar surface area (TPSA) is 83.8 Å². The Bertz CT molecular complexity index is 660. The Morgan fingerprint density at radius 2 is 1.95 bits per heavy atom. The van der Waals surface area contributed by atoms with Crippen LogP contribution in [-0.4, -0.2) is 57.2 Å². The molecule has 22 heavy (non-hydrogen) atoms. The normalized spacial score (nSPS) is 17.3. The number of hydrogen-bond donors (Lipinski definition) is 0. The van der Waals surface area contributed by atoms with E-state index in [4.69, 9.17) is 0 Å². The number of anilines is 1. The van der Waals surface area contributed by atoms with Gasteiger partial charge in [0.25, 0.3) is 5.69 Å². The van der Waals surface area contributed by atoms with Crippen LogP contribution in [0.15, 0.2) is 23.1 Å². The molecule has 0 bridgehead atoms. The lowest BCUT2D eigenvalue weighted by atomic mass is 10.2. The Labute approximate surface area is 130 Å². The molecule has 0 spiro atoms. The molecule has 1 fully saturated rings. The molecule has 1 aromatic carbocycles. The van der Waals surface area contributed by atoms with E-state index in [1.165, 1.54) is 12.1 Å². The predicted molar refractivity (Wildman–Crippen MR) is 85.2 cm³/mol. The van der Waals surface area contributed by atoms with Crippen LogP contribution in [0.1, 0.15) is 13.3 Å². The van der Waals surface area contributed by atoms with Crippen molar-refractivity contribution in [2.45, 2.75) is 18.2 Å². The number of nitrogens with zero attached hydrogens (tertiary/aromatic N) is 3. The van der Waals surface area contributed by atoms with Gasteiger partial charge in [-0.2, -0.15) is 0 Å². The van der Waals surface area contributed by atoms with E-state index in [2.05, 4.69) is 16.7 Å². The van der Waals surface area contributed by atoms with E-state index in [1.54, 1.807) is 6.07 Å². The quantitative estimate of drug-likeness (QED) is 0.616. The maximum Gasteiger partial charge on any atom is 0.288 e. The first kappa shape index (κ1) is 16.7. The molecule has 0 aromatic heterocycles. The van der Waals surface area contributed by atoms with Crippen molar-refractivity contribution < 1.29 is 13.3 Å². The molecule has 1 aliphatic heterocycles. The zero-order valence-electron chi connectivity index (χ0n) is 12.9. The molecule has 0 saturated carbocycles. The lowest BCUT2D eigenvalue weighted by Gasteiger charge is -2.23. The third-order valence-corrected chi connectivity index (χ3v) is 5.07. The molecule has 7 nitrogen and oxygen atoms in total. The zero-order chi connectivity index (χ0) is 16.3. The fourth-order valence-electron chi connectivity index (χ4n) is 2.69. The van der Waals surface area contributed by atoms with Crippen LogP contribution in [0, 0.1) is 10.1 Å². The van der Waals surface area contributed by atoms with Crippen LogP contribution in [0.4, 0.5) is 11.4 Å². The first-order chi connectivity index (χ1) is 10.3. The van der Waals surface area contributed by atoms with Gasteiger partial charge in [-0.05, 0) is 31.6 Å². The molecule has 8 heteroatoms. The maximum absolute atomic E-state index is 11.8. The lowest BCUT2D eigenvalue weighted by Crippen LogP contribution is -2.30. The molecule has 0 atom stereocenters. The molecule has 1 heterocycles. The van der Waals surface area contributed by atoms with Gasteiger partial charge in [0.05, 0.1) is 4.92 Å². The van der Waals surface area contributed by atoms with Gasteiger partial charge in [-0.15, -0.1) is 0 Å². The van der Waals surface area contributed by atoms with Crippen LogP contribution in [0.5, 0.6) is 0 Å². The molecule has 0 radical (unpaired) electrons. The second-order valence-electron chi connectivity index (χ2n) is 5.46. The van der Waals surface area contributed by atoms with Crippen LogP contribution in [-0.2, 0) is 9.84 Å². The summed E-state index contributed by atoms with van der Waals surface area (Å²) in [6, 6.07) is 4.34. The van der Waals surface area contributed by atoms with Crippen molar-refractivity contribution in [1.82, 2.24) is 4.90 Å². The Hall–Kier alpha value is -1.67. The van der Waals surface area contributed by atoms with Crippen LogP contribution >= 0.6 is 0 Å². The summed E-state index contributed by atoms with van der Waals surface area (Å²) in [6.07, 6.45) is 1.99. The van der Waals surface area contributed by atoms with E-state index in [0.29, 0.717) is 0 Å². The minimum atomic E-state index is -3.64. The smallest absolute Gasteiger partial charge is 0.288 e. The number of hydrogen-bond acceptors (Lipinski definition) is 6. The average Bonchev–Trinajstić information content (AvgIpc) is 2.71. The molecule has 0 aliphatic carbocycles. The third-order valence-electron chi connectivity index (χ3n) is 3.94. The van der Waals surface area contributed by atoms with E-state index in [-0.39, 0.29) is 10.6 Å². The lowest BCUT2D eigenvalue weighted by molar-refractivity contribution is -0.387. The highest BCUT2D eigenvalue weighted by molar-refractivity contribution is 7.90. The Kier molecular flexibility index (Phi) is 5.02. The van der Waals surface area contributed by atoms with Crippen LogP contribution < -0.4 is 4.90 Å². The average molecular weight is 327 g/mol. The van der Waals surface area contributed by atoms with Crippen LogP contribution in [0.3, 0.4) is 0 Å². The summed E-state index contributed by atoms with van der Waals surface area (Å²) >= 11 is 0. The van der Waals surface area contributed by atoms with E-state index in [0.717, 1.165) is 51.1 Å². The number of nitro benzene ring substituents is 1. The van der Waals surface area contributed by atoms with Crippen molar-refractivity contribution in [3.63, 3.8) is 0 Å². The molecular formula is C14H21N3O4S. The largest absolute Gasteiger partial charge is 0.370 e. The fraction of sp³-hybridized carbons (Fsp3) is 0.571. The highest BCUT2D eigenvalue weighted by atomic mass is 32.2. The molecule has 0 unspecified atom stereocenters. The van der Waals surface area contributed by atoms with E-state index in [9.17, 15) is 18.5 Å². The Balaban J connectivity index is 2.34. The minimum absolute atomic E-state index is 0.216. The number of sulfone groups is 1. The van der Waals surface area contributed by atoms with Gasteiger partial charge >= 0.3 is 0 Å². The number of rotatable bonds is 4. The van der Waals surface area contributed by atoms with Crippen LogP contribution in [0.2, 0.25) is 0 Å². The monoisotopic (exact) mass is 327 g/mol. The van der Waals surface area contributed by atoms with Crippen molar-refractivity contribution >= 4 is 21.2 Å². The number of nitro groups is 1. The minimum Gasteiger partial charge on any atom is -0.370 e. The van der Waals surface area contributed by atoms with Gasteiger partial charge in [-0.1, -0.05) is 6.92 Å². The van der Waals surface area contributed by atoms with Crippen molar-refractivity contribution in [1.29, 1.82) is 0 Å². The fourth-order valence-corrected chi connectivity index (χ4v) is 3.55. The van der Waals surface area contributed by atoms with Gasteiger partial charge in [0, 0.05) is 37.6 Å². The summed E-state index contributed by atoms with van der Waals surface area (Å²) in [5.74, 6) is 0. The van der Waals surface area contributed by atoms with Crippen LogP contribution in [0.25, 0.3) is 0 Å². The molecule has 0 amide bonds. The molecule has 1 aromatic rings. The van der Waals surface area contributed by atoms with Gasteiger partial charge in [0.2, 0.25) is 0 Å². The van der Waals surface area contributed by atoms with Gasteiger partial charge in [-0.25, -0.2) is 8.42 Å². The summed E-state index contributed by atoms with van der Waals surface area (Å²) in [6.45, 7) is 6.62. The highest BCUT2D eigenvalue weighted by Crippen LogP contribution is 2.29. The first-order valence-electron chi connectivity index (χ1n) is 7.28. The van der Waals surface area contributed by atoms with Crippen molar-refractivity contribution in [3.8, 4) is 0 Å². The zero-order valence-corrected chi connectivity index (χ0v) is 13.7. The number of benzene rings is 1. The van der Waals surface area contributed by atoms with Gasteiger partial charge < -0.3 is 9.80 Å². The third kappa shape index (κ3) is 3.75. The molecule has 122 valence electrons. The Morgan fingerprint density at radius 1 is 1.23 bits per heavy atom. The summed E-state index contributed by atoms with van der Waals surface area (Å²) in [5.41, 5.74) is 0.361. The molecule has 1 saturated heterocycles. The summed E-state index contributed by atoms with van der Waals surface area (Å²) < 4.78 is 23.7. The number of likely N-dealkylation sites (N-methyl/N-ethyl adjacent to an activating group) is 1. The predicted octanol–water partition coefficient (Wildman–Crippen LogP) is 1.53. The first-order valence-corrected chi connectivity index (χ1v) is 9.18. The highest BCUT2D eigenvalue weighted by Gasteiger charge is 2.24.